The lowest BCUT2D eigenvalue weighted by atomic mass is 10.1. The highest BCUT2D eigenvalue weighted by atomic mass is 16.5. The molecule has 0 aliphatic heterocycles. The third kappa shape index (κ3) is 4.26. The molecule has 2 rings (SSSR count). The number of carbonyl (C=O) groups is 3. The molecule has 3 N–H and O–H groups in total. The number of benzene rings is 1. The number of aromatic nitrogens is 1. The lowest BCUT2D eigenvalue weighted by molar-refractivity contribution is -0.121. The van der Waals surface area contributed by atoms with Crippen LogP contribution < -0.4 is 15.6 Å². The molecule has 0 saturated heterocycles. The summed E-state index contributed by atoms with van der Waals surface area (Å²) >= 11 is 0. The van der Waals surface area contributed by atoms with Gasteiger partial charge in [0.25, 0.3) is 5.91 Å². The van der Waals surface area contributed by atoms with Crippen molar-refractivity contribution in [2.45, 2.75) is 27.2 Å². The van der Waals surface area contributed by atoms with Gasteiger partial charge in [-0.15, -0.1) is 0 Å². The number of aryl methyl sites for hydroxylation is 1. The van der Waals surface area contributed by atoms with Crippen LogP contribution >= 0.6 is 0 Å². The number of hydrogen-bond acceptors (Lipinski definition) is 4. The smallest absolute Gasteiger partial charge is 0.286 e. The van der Waals surface area contributed by atoms with E-state index in [1.165, 1.54) is 6.92 Å². The van der Waals surface area contributed by atoms with Crippen LogP contribution in [-0.2, 0) is 11.2 Å². The predicted molar refractivity (Wildman–Crippen MR) is 92.6 cm³/mol. The molecule has 0 spiro atoms. The van der Waals surface area contributed by atoms with Crippen molar-refractivity contribution >= 4 is 17.6 Å². The lowest BCUT2D eigenvalue weighted by Crippen LogP contribution is -2.42. The van der Waals surface area contributed by atoms with E-state index in [1.807, 2.05) is 0 Å². The Balaban J connectivity index is 1.96. The van der Waals surface area contributed by atoms with Gasteiger partial charge in [0.05, 0.1) is 13.5 Å². The zero-order valence-electron chi connectivity index (χ0n) is 14.6. The van der Waals surface area contributed by atoms with Crippen LogP contribution in [0.15, 0.2) is 24.3 Å². The Hall–Kier alpha value is -3.09. The Labute approximate surface area is 145 Å². The van der Waals surface area contributed by atoms with E-state index in [0.29, 0.717) is 22.6 Å². The predicted octanol–water partition coefficient (Wildman–Crippen LogP) is 1.85. The fourth-order valence-electron chi connectivity index (χ4n) is 2.67. The molecule has 0 aliphatic rings. The zero-order valence-corrected chi connectivity index (χ0v) is 14.6. The summed E-state index contributed by atoms with van der Waals surface area (Å²) in [7, 11) is 1.57. The second kappa shape index (κ2) is 7.65. The fourth-order valence-corrected chi connectivity index (χ4v) is 2.67. The molecule has 132 valence electrons. The molecule has 0 bridgehead atoms. The molecule has 2 amide bonds. The Bertz CT molecular complexity index is 806. The van der Waals surface area contributed by atoms with E-state index in [4.69, 9.17) is 4.74 Å². The number of carbonyl (C=O) groups excluding carboxylic acids is 3. The summed E-state index contributed by atoms with van der Waals surface area (Å²) < 4.78 is 5.06. The molecule has 0 fully saturated rings. The van der Waals surface area contributed by atoms with Crippen LogP contribution in [0, 0.1) is 13.8 Å². The molecule has 0 saturated carbocycles. The van der Waals surface area contributed by atoms with Gasteiger partial charge in [-0.3, -0.25) is 25.2 Å². The van der Waals surface area contributed by atoms with Gasteiger partial charge in [0, 0.05) is 11.3 Å². The van der Waals surface area contributed by atoms with Crippen LogP contribution in [-0.4, -0.2) is 29.7 Å². The molecule has 1 aromatic carbocycles. The zero-order chi connectivity index (χ0) is 18.6. The number of ether oxygens (including phenoxy) is 1. The quantitative estimate of drug-likeness (QED) is 0.570. The van der Waals surface area contributed by atoms with Crippen LogP contribution in [0.5, 0.6) is 5.75 Å². The van der Waals surface area contributed by atoms with Crippen molar-refractivity contribution in [2.75, 3.05) is 7.11 Å². The van der Waals surface area contributed by atoms with E-state index in [0.717, 1.165) is 5.56 Å². The van der Waals surface area contributed by atoms with Gasteiger partial charge in [-0.1, -0.05) is 12.1 Å². The minimum Gasteiger partial charge on any atom is -0.497 e. The van der Waals surface area contributed by atoms with E-state index in [2.05, 4.69) is 15.8 Å². The second-order valence-electron chi connectivity index (χ2n) is 5.71. The summed E-state index contributed by atoms with van der Waals surface area (Å²) in [5.41, 5.74) is 7.45. The Morgan fingerprint density at radius 3 is 2.24 bits per heavy atom. The van der Waals surface area contributed by atoms with Crippen LogP contribution in [0.4, 0.5) is 0 Å². The first-order chi connectivity index (χ1) is 11.8. The molecule has 2 aromatic rings. The van der Waals surface area contributed by atoms with Crippen molar-refractivity contribution in [3.63, 3.8) is 0 Å². The molecule has 0 aliphatic carbocycles. The van der Waals surface area contributed by atoms with Gasteiger partial charge in [0.2, 0.25) is 5.91 Å². The summed E-state index contributed by atoms with van der Waals surface area (Å²) in [6.45, 7) is 4.86. The summed E-state index contributed by atoms with van der Waals surface area (Å²) in [5, 5.41) is 0. The van der Waals surface area contributed by atoms with Crippen molar-refractivity contribution in [1.29, 1.82) is 0 Å². The molecule has 7 heteroatoms. The molecule has 1 aromatic heterocycles. The number of Topliss-reactive ketones (excluding diaryl/α,β-unsaturated/α-hetero) is 1. The minimum absolute atomic E-state index is 0.117. The highest BCUT2D eigenvalue weighted by Crippen LogP contribution is 2.18. The first kappa shape index (κ1) is 18.3. The molecule has 0 radical (unpaired) electrons. The van der Waals surface area contributed by atoms with Crippen molar-refractivity contribution < 1.29 is 19.1 Å². The second-order valence-corrected chi connectivity index (χ2v) is 5.71. The van der Waals surface area contributed by atoms with Crippen molar-refractivity contribution in [1.82, 2.24) is 15.8 Å². The standard InChI is InChI=1S/C18H21N3O4/c1-10-16(12(3)22)11(2)19-17(10)18(24)21-20-15(23)9-13-5-7-14(25-4)8-6-13/h5-8,19H,9H2,1-4H3,(H,20,23)(H,21,24). The molecule has 25 heavy (non-hydrogen) atoms. The first-order valence-electron chi connectivity index (χ1n) is 7.75. The van der Waals surface area contributed by atoms with E-state index in [-0.39, 0.29) is 23.8 Å². The normalized spacial score (nSPS) is 10.2. The molecule has 0 unspecified atom stereocenters. The molecular weight excluding hydrogens is 322 g/mol. The number of hydrogen-bond donors (Lipinski definition) is 3. The van der Waals surface area contributed by atoms with Gasteiger partial charge < -0.3 is 9.72 Å². The van der Waals surface area contributed by atoms with Gasteiger partial charge in [0.15, 0.2) is 5.78 Å². The van der Waals surface area contributed by atoms with Gasteiger partial charge >= 0.3 is 0 Å². The topological polar surface area (TPSA) is 100 Å². The number of H-pyrrole nitrogens is 1. The van der Waals surface area contributed by atoms with Gasteiger partial charge in [-0.2, -0.15) is 0 Å². The van der Waals surface area contributed by atoms with Crippen molar-refractivity contribution in [3.05, 3.63) is 52.3 Å². The van der Waals surface area contributed by atoms with Crippen LogP contribution in [0.2, 0.25) is 0 Å². The first-order valence-corrected chi connectivity index (χ1v) is 7.75. The number of ketones is 1. The maximum Gasteiger partial charge on any atom is 0.286 e. The van der Waals surface area contributed by atoms with Crippen molar-refractivity contribution in [3.8, 4) is 5.75 Å². The average molecular weight is 343 g/mol. The minimum atomic E-state index is -0.504. The maximum absolute atomic E-state index is 12.2. The Kier molecular flexibility index (Phi) is 5.59. The van der Waals surface area contributed by atoms with E-state index >= 15 is 0 Å². The molecule has 7 nitrogen and oxygen atoms in total. The largest absolute Gasteiger partial charge is 0.497 e. The highest BCUT2D eigenvalue weighted by molar-refractivity contribution is 6.02. The summed E-state index contributed by atoms with van der Waals surface area (Å²) in [5.74, 6) is -0.271. The number of amides is 2. The van der Waals surface area contributed by atoms with Crippen LogP contribution in [0.1, 0.15) is 44.6 Å². The van der Waals surface area contributed by atoms with Crippen LogP contribution in [0.25, 0.3) is 0 Å². The SMILES string of the molecule is COc1ccc(CC(=O)NNC(=O)c2[nH]c(C)c(C(C)=O)c2C)cc1. The summed E-state index contributed by atoms with van der Waals surface area (Å²) in [6, 6.07) is 7.07. The number of nitrogens with one attached hydrogen (secondary N) is 3. The molecular formula is C18H21N3O4. The summed E-state index contributed by atoms with van der Waals surface area (Å²) in [6.07, 6.45) is 0.117. The highest BCUT2D eigenvalue weighted by Gasteiger charge is 2.20. The van der Waals surface area contributed by atoms with Crippen LogP contribution in [0.3, 0.4) is 0 Å². The average Bonchev–Trinajstić information content (AvgIpc) is 2.88. The molecule has 0 atom stereocenters. The van der Waals surface area contributed by atoms with Crippen molar-refractivity contribution in [2.24, 2.45) is 0 Å². The Morgan fingerprint density at radius 1 is 1.08 bits per heavy atom. The summed E-state index contributed by atoms with van der Waals surface area (Å²) in [4.78, 5) is 38.6. The van der Waals surface area contributed by atoms with E-state index < -0.39 is 5.91 Å². The third-order valence-corrected chi connectivity index (χ3v) is 3.86. The van der Waals surface area contributed by atoms with Gasteiger partial charge in [0.1, 0.15) is 11.4 Å². The number of rotatable bonds is 5. The van der Waals surface area contributed by atoms with Gasteiger partial charge in [-0.25, -0.2) is 0 Å². The lowest BCUT2D eigenvalue weighted by Gasteiger charge is -2.08. The number of hydrazine groups is 1. The van der Waals surface area contributed by atoms with Gasteiger partial charge in [-0.05, 0) is 44.0 Å². The molecule has 1 heterocycles. The number of aromatic amines is 1. The van der Waals surface area contributed by atoms with E-state index in [9.17, 15) is 14.4 Å². The third-order valence-electron chi connectivity index (χ3n) is 3.86. The fraction of sp³-hybridized carbons (Fsp3) is 0.278. The van der Waals surface area contributed by atoms with E-state index in [1.54, 1.807) is 45.2 Å². The maximum atomic E-state index is 12.2. The monoisotopic (exact) mass is 343 g/mol. The number of methoxy groups -OCH3 is 1. The Morgan fingerprint density at radius 2 is 1.72 bits per heavy atom.